The summed E-state index contributed by atoms with van der Waals surface area (Å²) in [5, 5.41) is 3.07. The molecule has 4 rings (SSSR count). The topological polar surface area (TPSA) is 97.9 Å². The largest absolute Gasteiger partial charge is 0.497 e. The van der Waals surface area contributed by atoms with Gasteiger partial charge in [-0.2, -0.15) is 0 Å². The molecule has 178 valence electrons. The number of nitrogens with zero attached hydrogens (tertiary/aromatic N) is 4. The molecule has 0 bridgehead atoms. The van der Waals surface area contributed by atoms with Crippen LogP contribution in [0.25, 0.3) is 16.6 Å². The maximum absolute atomic E-state index is 5.87. The average Bonchev–Trinajstić information content (AvgIpc) is 3.70. The minimum atomic E-state index is 0.666. The van der Waals surface area contributed by atoms with Crippen molar-refractivity contribution in [2.45, 2.75) is 12.8 Å². The van der Waals surface area contributed by atoms with Crippen molar-refractivity contribution in [2.24, 2.45) is 16.6 Å². The highest BCUT2D eigenvalue weighted by atomic mass is 16.5. The van der Waals surface area contributed by atoms with Crippen LogP contribution in [-0.2, 0) is 0 Å². The maximum atomic E-state index is 5.87. The van der Waals surface area contributed by atoms with E-state index in [2.05, 4.69) is 32.3 Å². The minimum Gasteiger partial charge on any atom is -0.497 e. The van der Waals surface area contributed by atoms with E-state index in [4.69, 9.17) is 20.2 Å². The number of nitrogens with two attached hydrogens (primary N) is 1. The lowest BCUT2D eigenvalue weighted by atomic mass is 10.1. The zero-order valence-corrected chi connectivity index (χ0v) is 20.0. The van der Waals surface area contributed by atoms with Crippen LogP contribution in [0, 0.1) is 5.92 Å². The summed E-state index contributed by atoms with van der Waals surface area (Å²) in [6, 6.07) is 12.1. The van der Waals surface area contributed by atoms with Crippen LogP contribution in [0.1, 0.15) is 18.5 Å². The van der Waals surface area contributed by atoms with Crippen LogP contribution < -0.4 is 25.4 Å². The SMILES string of the molecule is CNCCN=CC(=CN)c1cnc2ccc(N(CC3CC3)c3cc(OC)cc(OC)c3)cc2n1. The standard InChI is InChI=1S/C26H32N6O2/c1-28-8-9-29-15-19(14-27)26-16-30-24-7-6-20(12-25(24)31-26)32(17-18-4-5-18)21-10-22(33-2)13-23(11-21)34-3/h6-7,10-16,18,28H,4-5,8-9,17,27H2,1-3H3. The molecular weight excluding hydrogens is 428 g/mol. The van der Waals surface area contributed by atoms with Gasteiger partial charge in [0.15, 0.2) is 0 Å². The lowest BCUT2D eigenvalue weighted by Gasteiger charge is -2.26. The lowest BCUT2D eigenvalue weighted by molar-refractivity contribution is 0.394. The summed E-state index contributed by atoms with van der Waals surface area (Å²) in [7, 11) is 5.23. The van der Waals surface area contributed by atoms with E-state index in [0.717, 1.165) is 52.6 Å². The van der Waals surface area contributed by atoms with Gasteiger partial charge in [0.25, 0.3) is 0 Å². The Kier molecular flexibility index (Phi) is 7.59. The second-order valence-electron chi connectivity index (χ2n) is 8.31. The fourth-order valence-corrected chi connectivity index (χ4v) is 3.71. The number of rotatable bonds is 11. The molecule has 1 aliphatic rings. The molecule has 2 aromatic carbocycles. The van der Waals surface area contributed by atoms with E-state index < -0.39 is 0 Å². The molecule has 0 saturated heterocycles. The first-order chi connectivity index (χ1) is 16.6. The zero-order valence-electron chi connectivity index (χ0n) is 20.0. The highest BCUT2D eigenvalue weighted by molar-refractivity contribution is 6.09. The van der Waals surface area contributed by atoms with Gasteiger partial charge in [0.05, 0.1) is 43.7 Å². The number of fused-ring (bicyclic) bond motifs is 1. The van der Waals surface area contributed by atoms with Crippen molar-refractivity contribution in [2.75, 3.05) is 45.8 Å². The van der Waals surface area contributed by atoms with Crippen LogP contribution in [0.2, 0.25) is 0 Å². The molecule has 0 amide bonds. The predicted molar refractivity (Wildman–Crippen MR) is 138 cm³/mol. The first-order valence-electron chi connectivity index (χ1n) is 11.5. The molecule has 3 aromatic rings. The monoisotopic (exact) mass is 460 g/mol. The summed E-state index contributed by atoms with van der Waals surface area (Å²) in [4.78, 5) is 16.2. The van der Waals surface area contributed by atoms with Crippen LogP contribution in [0.5, 0.6) is 11.5 Å². The van der Waals surface area contributed by atoms with Crippen LogP contribution in [0.4, 0.5) is 11.4 Å². The van der Waals surface area contributed by atoms with Gasteiger partial charge in [-0.25, -0.2) is 4.98 Å². The van der Waals surface area contributed by atoms with E-state index in [9.17, 15) is 0 Å². The number of aromatic nitrogens is 2. The molecule has 34 heavy (non-hydrogen) atoms. The third kappa shape index (κ3) is 5.63. The lowest BCUT2D eigenvalue weighted by Crippen LogP contribution is -2.20. The van der Waals surface area contributed by atoms with E-state index in [1.54, 1.807) is 26.6 Å². The Morgan fingerprint density at radius 2 is 1.88 bits per heavy atom. The van der Waals surface area contributed by atoms with Gasteiger partial charge in [0.2, 0.25) is 0 Å². The van der Waals surface area contributed by atoms with Crippen molar-refractivity contribution < 1.29 is 9.47 Å². The predicted octanol–water partition coefficient (Wildman–Crippen LogP) is 3.78. The summed E-state index contributed by atoms with van der Waals surface area (Å²) >= 11 is 0. The fraction of sp³-hybridized carbons (Fsp3) is 0.346. The van der Waals surface area contributed by atoms with Gasteiger partial charge >= 0.3 is 0 Å². The fourth-order valence-electron chi connectivity index (χ4n) is 3.71. The number of methoxy groups -OCH3 is 2. The number of hydrogen-bond acceptors (Lipinski definition) is 8. The number of likely N-dealkylation sites (N-methyl/N-ethyl adjacent to an activating group) is 1. The third-order valence-corrected chi connectivity index (χ3v) is 5.82. The van der Waals surface area contributed by atoms with Crippen LogP contribution in [0.15, 0.2) is 53.8 Å². The first kappa shape index (κ1) is 23.5. The number of hydrogen-bond donors (Lipinski definition) is 2. The highest BCUT2D eigenvalue weighted by Crippen LogP contribution is 2.38. The molecular formula is C26H32N6O2. The molecule has 0 spiro atoms. The number of aliphatic imine (C=N–C) groups is 1. The normalized spacial score (nSPS) is 14.0. The molecule has 0 atom stereocenters. The number of anilines is 2. The highest BCUT2D eigenvalue weighted by Gasteiger charge is 2.26. The molecule has 0 unspecified atom stereocenters. The molecule has 0 aliphatic heterocycles. The second-order valence-corrected chi connectivity index (χ2v) is 8.31. The molecule has 1 fully saturated rings. The van der Waals surface area contributed by atoms with E-state index in [-0.39, 0.29) is 0 Å². The van der Waals surface area contributed by atoms with Gasteiger partial charge in [-0.3, -0.25) is 9.98 Å². The maximum Gasteiger partial charge on any atom is 0.124 e. The first-order valence-corrected chi connectivity index (χ1v) is 11.5. The van der Waals surface area contributed by atoms with E-state index >= 15 is 0 Å². The quantitative estimate of drug-likeness (QED) is 0.332. The smallest absolute Gasteiger partial charge is 0.124 e. The summed E-state index contributed by atoms with van der Waals surface area (Å²) in [6.45, 7) is 2.38. The van der Waals surface area contributed by atoms with Gasteiger partial charge < -0.3 is 25.4 Å². The van der Waals surface area contributed by atoms with Crippen molar-refractivity contribution in [1.82, 2.24) is 15.3 Å². The van der Waals surface area contributed by atoms with Gasteiger partial charge in [0, 0.05) is 60.7 Å². The molecule has 0 radical (unpaired) electrons. The zero-order chi connectivity index (χ0) is 23.9. The Morgan fingerprint density at radius 1 is 1.12 bits per heavy atom. The van der Waals surface area contributed by atoms with Gasteiger partial charge in [-0.05, 0) is 44.0 Å². The number of nitrogens with one attached hydrogen (secondary N) is 1. The number of ether oxygens (including phenoxy) is 2. The summed E-state index contributed by atoms with van der Waals surface area (Å²) in [6.07, 6.45) is 7.49. The van der Waals surface area contributed by atoms with Crippen molar-refractivity contribution in [1.29, 1.82) is 0 Å². The van der Waals surface area contributed by atoms with E-state index in [1.807, 2.05) is 31.3 Å². The van der Waals surface area contributed by atoms with E-state index in [1.165, 1.54) is 19.0 Å². The van der Waals surface area contributed by atoms with Crippen molar-refractivity contribution in [3.8, 4) is 11.5 Å². The van der Waals surface area contributed by atoms with Crippen LogP contribution in [0.3, 0.4) is 0 Å². The molecule has 1 aromatic heterocycles. The summed E-state index contributed by atoms with van der Waals surface area (Å²) in [5.74, 6) is 2.19. The molecule has 1 heterocycles. The second kappa shape index (κ2) is 11.0. The Bertz CT molecular complexity index is 1170. The Morgan fingerprint density at radius 3 is 2.53 bits per heavy atom. The van der Waals surface area contributed by atoms with Crippen LogP contribution >= 0.6 is 0 Å². The van der Waals surface area contributed by atoms with E-state index in [0.29, 0.717) is 18.2 Å². The summed E-state index contributed by atoms with van der Waals surface area (Å²) in [5.41, 5.74) is 11.0. The third-order valence-electron chi connectivity index (χ3n) is 5.82. The Balaban J connectivity index is 1.70. The molecule has 8 heteroatoms. The van der Waals surface area contributed by atoms with Gasteiger partial charge in [-0.15, -0.1) is 0 Å². The van der Waals surface area contributed by atoms with Crippen molar-refractivity contribution in [3.05, 3.63) is 54.5 Å². The molecule has 1 aliphatic carbocycles. The average molecular weight is 461 g/mol. The van der Waals surface area contributed by atoms with Gasteiger partial charge in [-0.1, -0.05) is 0 Å². The molecule has 1 saturated carbocycles. The number of allylic oxidation sites excluding steroid dienone is 1. The Hall–Kier alpha value is -3.65. The molecule has 8 nitrogen and oxygen atoms in total. The van der Waals surface area contributed by atoms with Crippen LogP contribution in [-0.4, -0.2) is 57.1 Å². The van der Waals surface area contributed by atoms with Crippen molar-refractivity contribution in [3.63, 3.8) is 0 Å². The minimum absolute atomic E-state index is 0.666. The van der Waals surface area contributed by atoms with Crippen molar-refractivity contribution >= 4 is 34.2 Å². The summed E-state index contributed by atoms with van der Waals surface area (Å²) < 4.78 is 11.0. The number of benzene rings is 2. The van der Waals surface area contributed by atoms with Gasteiger partial charge in [0.1, 0.15) is 11.5 Å². The molecule has 3 N–H and O–H groups in total. The Labute approximate surface area is 200 Å².